The molecule has 7 N–H and O–H groups in total. The minimum atomic E-state index is -1.79. The van der Waals surface area contributed by atoms with Crippen LogP contribution in [0.25, 0.3) is 0 Å². The monoisotopic (exact) mass is 471 g/mol. The first-order chi connectivity index (χ1) is 15.4. The first-order valence-corrected chi connectivity index (χ1v) is 10.9. The molecule has 1 rings (SSSR count). The second-order valence-electron chi connectivity index (χ2n) is 8.40. The average Bonchev–Trinajstić information content (AvgIpc) is 3.19. The Morgan fingerprint density at radius 1 is 1.27 bits per heavy atom. The van der Waals surface area contributed by atoms with Gasteiger partial charge in [0.25, 0.3) is 5.96 Å². The molecule has 0 aromatic carbocycles. The third-order valence-electron chi connectivity index (χ3n) is 5.18. The summed E-state index contributed by atoms with van der Waals surface area (Å²) >= 11 is 0. The van der Waals surface area contributed by atoms with Crippen molar-refractivity contribution in [3.05, 3.63) is 10.1 Å². The topological polar surface area (TPSA) is 210 Å². The number of carbonyl (C=O) groups is 3. The summed E-state index contributed by atoms with van der Waals surface area (Å²) in [6, 6.07) is -1.73. The van der Waals surface area contributed by atoms with E-state index >= 15 is 0 Å². The van der Waals surface area contributed by atoms with Gasteiger partial charge in [0.1, 0.15) is 12.1 Å². The molecule has 0 aromatic rings. The van der Waals surface area contributed by atoms with E-state index in [-0.39, 0.29) is 31.2 Å². The highest BCUT2D eigenvalue weighted by Crippen LogP contribution is 2.18. The van der Waals surface area contributed by atoms with E-state index in [4.69, 9.17) is 5.41 Å². The molecule has 1 fully saturated rings. The number of nitrogens with one attached hydrogen (secondary N) is 5. The van der Waals surface area contributed by atoms with Crippen molar-refractivity contribution < 1.29 is 29.5 Å². The highest BCUT2D eigenvalue weighted by Gasteiger charge is 2.35. The minimum absolute atomic E-state index is 0.0667. The molecule has 15 heteroatoms. The third kappa shape index (κ3) is 10.0. The molecule has 0 bridgehead atoms. The van der Waals surface area contributed by atoms with Gasteiger partial charge in [-0.25, -0.2) is 10.1 Å². The lowest BCUT2D eigenvalue weighted by molar-refractivity contribution is -0.525. The molecular formula is C18H34BN7O7. The van der Waals surface area contributed by atoms with Gasteiger partial charge in [-0.05, 0) is 38.0 Å². The quantitative estimate of drug-likeness (QED) is 0.0423. The van der Waals surface area contributed by atoms with Gasteiger partial charge in [0.05, 0.1) is 5.94 Å². The first-order valence-electron chi connectivity index (χ1n) is 10.9. The van der Waals surface area contributed by atoms with E-state index in [2.05, 4.69) is 16.0 Å². The maximum absolute atomic E-state index is 12.9. The molecule has 186 valence electrons. The van der Waals surface area contributed by atoms with Crippen LogP contribution in [0.2, 0.25) is 0 Å². The zero-order chi connectivity index (χ0) is 25.1. The number of carbonyl (C=O) groups excluding carboxylic acids is 3. The molecule has 1 aliphatic heterocycles. The van der Waals surface area contributed by atoms with Crippen molar-refractivity contribution in [3.63, 3.8) is 0 Å². The van der Waals surface area contributed by atoms with Crippen LogP contribution in [0.5, 0.6) is 0 Å². The molecule has 0 spiro atoms. The van der Waals surface area contributed by atoms with Crippen molar-refractivity contribution in [1.29, 1.82) is 5.41 Å². The molecule has 0 unspecified atom stereocenters. The van der Waals surface area contributed by atoms with Gasteiger partial charge in [-0.3, -0.25) is 19.8 Å². The van der Waals surface area contributed by atoms with Gasteiger partial charge >= 0.3 is 7.12 Å². The van der Waals surface area contributed by atoms with Crippen LogP contribution in [-0.4, -0.2) is 81.9 Å². The molecule has 3 atom stereocenters. The fraction of sp³-hybridized carbons (Fsp3) is 0.778. The van der Waals surface area contributed by atoms with E-state index in [0.717, 1.165) is 0 Å². The average molecular weight is 471 g/mol. The highest BCUT2D eigenvalue weighted by molar-refractivity contribution is 6.43. The summed E-state index contributed by atoms with van der Waals surface area (Å²) in [5.41, 5.74) is 1.65. The molecule has 0 aliphatic carbocycles. The summed E-state index contributed by atoms with van der Waals surface area (Å²) in [5.74, 6) is -2.73. The van der Waals surface area contributed by atoms with E-state index in [1.165, 1.54) is 11.8 Å². The van der Waals surface area contributed by atoms with Crippen LogP contribution in [0.3, 0.4) is 0 Å². The predicted molar refractivity (Wildman–Crippen MR) is 119 cm³/mol. The maximum Gasteiger partial charge on any atom is 0.475 e. The Balaban J connectivity index is 2.82. The maximum atomic E-state index is 12.9. The molecule has 14 nitrogen and oxygen atoms in total. The lowest BCUT2D eigenvalue weighted by Crippen LogP contribution is -2.56. The van der Waals surface area contributed by atoms with E-state index in [1.807, 2.05) is 13.8 Å². The Bertz CT molecular complexity index is 722. The number of amides is 3. The number of nitrogens with zero attached hydrogens (tertiary/aromatic N) is 2. The third-order valence-corrected chi connectivity index (χ3v) is 5.18. The zero-order valence-electron chi connectivity index (χ0n) is 19.2. The van der Waals surface area contributed by atoms with Crippen molar-refractivity contribution in [2.24, 2.45) is 5.92 Å². The minimum Gasteiger partial charge on any atom is -0.426 e. The Morgan fingerprint density at radius 2 is 1.94 bits per heavy atom. The molecule has 1 heterocycles. The standard InChI is InChI=1S/C18H34BN7O7/c1-11(2)10-15(19(30)31)23-16(28)13(6-4-8-21-18(20)24-26(32)33)22-17(29)14-7-5-9-25(14)12(3)27/h11,13-15,30-31H,4-10H2,1-3H3,(H,22,29)(H,23,28)(H3,20,21,24)/t13-,14-,15-/m0/s1. The number of nitro groups is 1. The number of likely N-dealkylation sites (tertiary alicyclic amines) is 1. The van der Waals surface area contributed by atoms with Crippen molar-refractivity contribution in [1.82, 2.24) is 26.3 Å². The number of guanidine groups is 1. The van der Waals surface area contributed by atoms with Gasteiger partial charge in [-0.1, -0.05) is 19.3 Å². The van der Waals surface area contributed by atoms with Crippen molar-refractivity contribution >= 4 is 30.8 Å². The second kappa shape index (κ2) is 13.6. The van der Waals surface area contributed by atoms with Gasteiger partial charge in [0.2, 0.25) is 17.7 Å². The smallest absolute Gasteiger partial charge is 0.426 e. The van der Waals surface area contributed by atoms with Crippen LogP contribution in [0.1, 0.15) is 52.9 Å². The largest absolute Gasteiger partial charge is 0.475 e. The summed E-state index contributed by atoms with van der Waals surface area (Å²) in [4.78, 5) is 49.3. The van der Waals surface area contributed by atoms with Crippen molar-refractivity contribution in [2.75, 3.05) is 13.1 Å². The van der Waals surface area contributed by atoms with E-state index in [1.54, 1.807) is 5.43 Å². The van der Waals surface area contributed by atoms with Crippen LogP contribution in [0.15, 0.2) is 0 Å². The van der Waals surface area contributed by atoms with Gasteiger partial charge < -0.3 is 30.9 Å². The second-order valence-corrected chi connectivity index (χ2v) is 8.40. The lowest BCUT2D eigenvalue weighted by atomic mass is 9.75. The summed E-state index contributed by atoms with van der Waals surface area (Å²) in [5, 5.41) is 43.7. The van der Waals surface area contributed by atoms with Crippen LogP contribution in [-0.2, 0) is 14.4 Å². The SMILES string of the molecule is CC(=O)N1CCC[C@H]1C(=O)N[C@@H](CCCNC(=N)N[N+](=O)[O-])C(=O)N[C@@H](CC(C)C)B(O)O. The van der Waals surface area contributed by atoms with Gasteiger partial charge in [0.15, 0.2) is 5.03 Å². The van der Waals surface area contributed by atoms with E-state index in [0.29, 0.717) is 25.8 Å². The van der Waals surface area contributed by atoms with Gasteiger partial charge in [-0.2, -0.15) is 0 Å². The van der Waals surface area contributed by atoms with Crippen LogP contribution in [0, 0.1) is 21.4 Å². The highest BCUT2D eigenvalue weighted by atomic mass is 16.7. The zero-order valence-corrected chi connectivity index (χ0v) is 19.2. The Kier molecular flexibility index (Phi) is 11.6. The molecule has 0 aromatic heterocycles. The van der Waals surface area contributed by atoms with Crippen LogP contribution < -0.4 is 21.4 Å². The number of hydrogen-bond acceptors (Lipinski definition) is 8. The molecule has 33 heavy (non-hydrogen) atoms. The first kappa shape index (κ1) is 28.1. The molecule has 1 saturated heterocycles. The van der Waals surface area contributed by atoms with Crippen LogP contribution >= 0.6 is 0 Å². The fourth-order valence-electron chi connectivity index (χ4n) is 3.65. The summed E-state index contributed by atoms with van der Waals surface area (Å²) in [6.07, 6.45) is 1.81. The number of rotatable bonds is 12. The summed E-state index contributed by atoms with van der Waals surface area (Å²) in [7, 11) is -1.79. The lowest BCUT2D eigenvalue weighted by Gasteiger charge is -2.27. The van der Waals surface area contributed by atoms with Gasteiger partial charge in [0, 0.05) is 20.0 Å². The fourth-order valence-corrected chi connectivity index (χ4v) is 3.65. The molecule has 3 amide bonds. The Labute approximate surface area is 192 Å². The van der Waals surface area contributed by atoms with E-state index < -0.39 is 47.9 Å². The van der Waals surface area contributed by atoms with Gasteiger partial charge in [-0.15, -0.1) is 0 Å². The summed E-state index contributed by atoms with van der Waals surface area (Å²) < 4.78 is 0. The normalized spacial score (nSPS) is 17.2. The molecule has 0 radical (unpaired) electrons. The molecule has 1 aliphatic rings. The molecule has 0 saturated carbocycles. The number of hydrazine groups is 1. The number of hydrogen-bond donors (Lipinski definition) is 7. The van der Waals surface area contributed by atoms with E-state index in [9.17, 15) is 34.5 Å². The van der Waals surface area contributed by atoms with Crippen molar-refractivity contribution in [3.8, 4) is 0 Å². The predicted octanol–water partition coefficient (Wildman–Crippen LogP) is -1.89. The van der Waals surface area contributed by atoms with Crippen molar-refractivity contribution in [2.45, 2.75) is 70.9 Å². The molecular weight excluding hydrogens is 437 g/mol. The Hall–Kier alpha value is -2.94. The Morgan fingerprint density at radius 3 is 2.48 bits per heavy atom. The summed E-state index contributed by atoms with van der Waals surface area (Å²) in [6.45, 7) is 5.65. The van der Waals surface area contributed by atoms with Crippen LogP contribution in [0.4, 0.5) is 0 Å².